The van der Waals surface area contributed by atoms with Crippen molar-refractivity contribution in [1.29, 1.82) is 0 Å². The first-order valence-electron chi connectivity index (χ1n) is 19.9. The van der Waals surface area contributed by atoms with E-state index in [1.807, 2.05) is 6.07 Å². The Hall–Kier alpha value is -5.82. The number of benzene rings is 3. The number of fused-ring (bicyclic) bond motifs is 1. The van der Waals surface area contributed by atoms with Crippen LogP contribution in [0.3, 0.4) is 0 Å². The SMILES string of the molecule is Nc1ccc(CCOc2ccc(-c3cc(=O)c4c(O)c(OCc5cccc(O)c5)c(OC5OC(C(=O)O)C(O)(C6(C7CNCN7)CCCCC6)C(O)C5O)cc4o3)cc2)[nH]1. The smallest absolute Gasteiger partial charge is 0.336 e. The number of carboxylic acid groups (broad SMARTS) is 1. The molecule has 2 saturated heterocycles. The molecule has 4 heterocycles. The zero-order chi connectivity index (χ0) is 42.2. The van der Waals surface area contributed by atoms with Gasteiger partial charge in [-0.3, -0.25) is 10.1 Å². The maximum absolute atomic E-state index is 13.7. The van der Waals surface area contributed by atoms with E-state index in [9.17, 15) is 40.2 Å². The van der Waals surface area contributed by atoms with Gasteiger partial charge in [0.1, 0.15) is 58.5 Å². The van der Waals surface area contributed by atoms with Crippen LogP contribution in [0.1, 0.15) is 43.4 Å². The summed E-state index contributed by atoms with van der Waals surface area (Å²) in [6, 6.07) is 18.5. The summed E-state index contributed by atoms with van der Waals surface area (Å²) >= 11 is 0. The Balaban J connectivity index is 1.13. The van der Waals surface area contributed by atoms with Gasteiger partial charge in [0.05, 0.1) is 6.61 Å². The van der Waals surface area contributed by atoms with Crippen LogP contribution < -0.4 is 36.0 Å². The molecule has 0 spiro atoms. The van der Waals surface area contributed by atoms with Crippen LogP contribution in [0.25, 0.3) is 22.3 Å². The topological polar surface area (TPSA) is 271 Å². The first-order valence-corrected chi connectivity index (χ1v) is 19.9. The van der Waals surface area contributed by atoms with E-state index < -0.39 is 64.6 Å². The van der Waals surface area contributed by atoms with Gasteiger partial charge in [-0.2, -0.15) is 0 Å². The van der Waals surface area contributed by atoms with Crippen molar-refractivity contribution < 1.29 is 58.8 Å². The molecule has 60 heavy (non-hydrogen) atoms. The molecule has 8 rings (SSSR count). The number of phenols is 2. The maximum atomic E-state index is 13.7. The molecule has 17 nitrogen and oxygen atoms in total. The average Bonchev–Trinajstić information content (AvgIpc) is 3.94. The Morgan fingerprint density at radius 1 is 0.967 bits per heavy atom. The number of phenolic OH excluding ortho intramolecular Hbond substituents is 2. The van der Waals surface area contributed by atoms with E-state index in [0.29, 0.717) is 74.6 Å². The second-order valence-electron chi connectivity index (χ2n) is 15.6. The molecule has 2 aromatic heterocycles. The summed E-state index contributed by atoms with van der Waals surface area (Å²) in [5.41, 5.74) is 3.14. The van der Waals surface area contributed by atoms with E-state index in [4.69, 9.17) is 29.1 Å². The molecule has 6 unspecified atom stereocenters. The third kappa shape index (κ3) is 7.59. The predicted molar refractivity (Wildman–Crippen MR) is 216 cm³/mol. The second kappa shape index (κ2) is 16.7. The van der Waals surface area contributed by atoms with Crippen LogP contribution in [0.2, 0.25) is 0 Å². The summed E-state index contributed by atoms with van der Waals surface area (Å²) in [6.45, 7) is 0.927. The molecule has 1 saturated carbocycles. The maximum Gasteiger partial charge on any atom is 0.336 e. The zero-order valence-corrected chi connectivity index (χ0v) is 32.5. The van der Waals surface area contributed by atoms with Gasteiger partial charge >= 0.3 is 5.97 Å². The number of aromatic hydroxyl groups is 2. The third-order valence-electron chi connectivity index (χ3n) is 12.0. The molecule has 0 amide bonds. The summed E-state index contributed by atoms with van der Waals surface area (Å²) < 4.78 is 30.1. The number of aliphatic carboxylic acids is 1. The van der Waals surface area contributed by atoms with Crippen molar-refractivity contribution in [2.24, 2.45) is 5.41 Å². The van der Waals surface area contributed by atoms with E-state index in [1.165, 1.54) is 24.3 Å². The van der Waals surface area contributed by atoms with Gasteiger partial charge in [-0.1, -0.05) is 31.4 Å². The Morgan fingerprint density at radius 3 is 2.43 bits per heavy atom. The number of aliphatic hydroxyl groups is 3. The minimum atomic E-state index is -2.47. The van der Waals surface area contributed by atoms with Crippen molar-refractivity contribution in [3.63, 3.8) is 0 Å². The summed E-state index contributed by atoms with van der Waals surface area (Å²) in [5, 5.41) is 74.6. The molecule has 3 fully saturated rings. The highest BCUT2D eigenvalue weighted by molar-refractivity contribution is 5.89. The van der Waals surface area contributed by atoms with Crippen molar-refractivity contribution in [3.8, 4) is 40.1 Å². The van der Waals surface area contributed by atoms with Gasteiger partial charge in [0, 0.05) is 54.5 Å². The van der Waals surface area contributed by atoms with Gasteiger partial charge in [-0.15, -0.1) is 0 Å². The Morgan fingerprint density at radius 2 is 1.75 bits per heavy atom. The minimum Gasteiger partial charge on any atom is -0.508 e. The molecule has 3 aromatic carbocycles. The first kappa shape index (κ1) is 40.9. The minimum absolute atomic E-state index is 0.0514. The molecule has 318 valence electrons. The van der Waals surface area contributed by atoms with Gasteiger partial charge in [0.25, 0.3) is 0 Å². The average molecular weight is 829 g/mol. The number of aromatic amines is 1. The number of aromatic nitrogens is 1. The molecule has 5 aromatic rings. The number of rotatable bonds is 13. The van der Waals surface area contributed by atoms with Crippen LogP contribution in [0.4, 0.5) is 5.82 Å². The van der Waals surface area contributed by atoms with Crippen molar-refractivity contribution in [1.82, 2.24) is 15.6 Å². The van der Waals surface area contributed by atoms with Crippen molar-refractivity contribution in [2.45, 2.75) is 81.4 Å². The quantitative estimate of drug-likeness (QED) is 0.0817. The molecule has 3 aliphatic rings. The monoisotopic (exact) mass is 828 g/mol. The lowest BCUT2D eigenvalue weighted by molar-refractivity contribution is -0.338. The van der Waals surface area contributed by atoms with E-state index >= 15 is 0 Å². The van der Waals surface area contributed by atoms with Crippen LogP contribution in [0, 0.1) is 5.41 Å². The molecule has 11 N–H and O–H groups in total. The predicted octanol–water partition coefficient (Wildman–Crippen LogP) is 3.09. The van der Waals surface area contributed by atoms with Gasteiger partial charge in [0.15, 0.2) is 23.0 Å². The van der Waals surface area contributed by atoms with Gasteiger partial charge in [-0.25, -0.2) is 4.79 Å². The second-order valence-corrected chi connectivity index (χ2v) is 15.6. The number of nitrogen functional groups attached to an aromatic ring is 1. The van der Waals surface area contributed by atoms with Crippen molar-refractivity contribution in [2.75, 3.05) is 25.6 Å². The molecule has 6 atom stereocenters. The van der Waals surface area contributed by atoms with Crippen molar-refractivity contribution >= 4 is 22.8 Å². The Labute approximate surface area is 343 Å². The first-order chi connectivity index (χ1) is 28.9. The van der Waals surface area contributed by atoms with Gasteiger partial charge in [0.2, 0.25) is 12.0 Å². The van der Waals surface area contributed by atoms with Crippen LogP contribution in [-0.4, -0.2) is 97.7 Å². The summed E-state index contributed by atoms with van der Waals surface area (Å²) in [4.78, 5) is 29.8. The highest BCUT2D eigenvalue weighted by atomic mass is 16.7. The lowest BCUT2D eigenvalue weighted by Crippen LogP contribution is -2.77. The van der Waals surface area contributed by atoms with Crippen LogP contribution in [0.5, 0.6) is 28.7 Å². The third-order valence-corrected chi connectivity index (χ3v) is 12.0. The number of hydrogen-bond acceptors (Lipinski definition) is 15. The van der Waals surface area contributed by atoms with Gasteiger partial charge in [-0.05, 0) is 66.9 Å². The number of anilines is 1. The Kier molecular flexibility index (Phi) is 11.4. The molecule has 0 bridgehead atoms. The molecule has 0 radical (unpaired) electrons. The lowest BCUT2D eigenvalue weighted by Gasteiger charge is -2.59. The Bertz CT molecular complexity index is 2390. The normalized spacial score (nSPS) is 25.2. The molecule has 17 heteroatoms. The number of aliphatic hydroxyl groups excluding tert-OH is 2. The van der Waals surface area contributed by atoms with Gasteiger partial charge < -0.3 is 70.0 Å². The van der Waals surface area contributed by atoms with Crippen molar-refractivity contribution in [3.05, 3.63) is 94.3 Å². The van der Waals surface area contributed by atoms with E-state index in [1.54, 1.807) is 42.5 Å². The van der Waals surface area contributed by atoms with E-state index in [2.05, 4.69) is 15.6 Å². The number of H-pyrrole nitrogens is 1. The highest BCUT2D eigenvalue weighted by Crippen LogP contribution is 2.54. The fourth-order valence-electron chi connectivity index (χ4n) is 9.02. The summed E-state index contributed by atoms with van der Waals surface area (Å²) in [5.74, 6) is -1.86. The number of ether oxygens (including phenoxy) is 4. The number of carbonyl (C=O) groups is 1. The number of carboxylic acids is 1. The van der Waals surface area contributed by atoms with Crippen LogP contribution in [-0.2, 0) is 22.6 Å². The molecule has 2 aliphatic heterocycles. The largest absolute Gasteiger partial charge is 0.508 e. The highest BCUT2D eigenvalue weighted by Gasteiger charge is 2.69. The molecular weight excluding hydrogens is 780 g/mol. The standard InChI is InChI=1S/C43H48N4O13/c44-33-12-9-25(47-33)13-16-56-27-10-7-24(8-11-27)29-18-28(49)34-30(58-29)19-31(37(35(34)50)57-21-23-5-4-6-26(48)17-23)59-41-36(51)38(52)43(55,39(60-41)40(53)54)42(14-2-1-3-15-42)32-20-45-22-46-32/h4-12,17-19,32,36,38-39,41,45-48,50-52,55H,1-3,13-16,20-22,44H2,(H,53,54). The zero-order valence-electron chi connectivity index (χ0n) is 32.5. The number of nitrogens with one attached hydrogen (secondary N) is 3. The number of hydrogen-bond donors (Lipinski definition) is 10. The summed E-state index contributed by atoms with van der Waals surface area (Å²) in [6.07, 6.45) is -4.63. The van der Waals surface area contributed by atoms with Crippen LogP contribution in [0.15, 0.2) is 82.0 Å². The lowest BCUT2D eigenvalue weighted by atomic mass is 9.54. The fourth-order valence-corrected chi connectivity index (χ4v) is 9.02. The summed E-state index contributed by atoms with van der Waals surface area (Å²) in [7, 11) is 0. The van der Waals surface area contributed by atoms with Crippen LogP contribution >= 0.6 is 0 Å². The molecular formula is C43H48N4O13. The molecule has 1 aliphatic carbocycles. The fraction of sp³-hybridized carbons (Fsp3) is 0.395. The number of nitrogens with two attached hydrogens (primary N) is 1. The van der Waals surface area contributed by atoms with E-state index in [-0.39, 0.29) is 34.8 Å². The van der Waals surface area contributed by atoms with E-state index in [0.717, 1.165) is 12.1 Å².